The highest BCUT2D eigenvalue weighted by atomic mass is 16.7. The molecule has 37 heteroatoms. The largest absolute Gasteiger partial charge is 0.506 e. The standard InChI is InChI=1S/C47H78N2O35/c1-2-25(56)49-11-10-48-9-3-18-26(57)33(64)41(71)77-19(4-12-50)27(58)34(65)42(72)78-20(5-13-51)28(59)35(66)43(73)79-21(6-14-52)29(60)36(67)44(74)80-22(7-15-53)30(61)37(68)45(75)81-23(8-16-54)31(62)38(69)46(76)84-40-24(17-55)83-47(82-18)39(70)32(40)63/h2,18-24,32,39-48,50-55,57-76H,1,3-17H2,(H,49,56)/b33-26?,34-27+,35-28-,36-29+,37-30+,38-31+. The summed E-state index contributed by atoms with van der Waals surface area (Å²) in [5, 5.41) is 282. The number of rotatable bonds is 18. The van der Waals surface area contributed by atoms with Gasteiger partial charge in [0.05, 0.1) is 6.61 Å². The van der Waals surface area contributed by atoms with E-state index in [1.807, 2.05) is 0 Å². The number of hydrogen-bond acceptors (Lipinski definition) is 36. The molecule has 28 N–H and O–H groups in total. The van der Waals surface area contributed by atoms with E-state index in [4.69, 9.17) is 37.9 Å². The Hall–Kier alpha value is -5.67. The Labute approximate surface area is 476 Å². The number of aliphatic hydroxyl groups is 26. The van der Waals surface area contributed by atoms with E-state index in [2.05, 4.69) is 17.2 Å². The molecule has 0 aromatic rings. The summed E-state index contributed by atoms with van der Waals surface area (Å²) < 4.78 is 41.8. The maximum absolute atomic E-state index is 11.6. The van der Waals surface area contributed by atoms with Crippen LogP contribution in [-0.4, -0.2) is 303 Å². The van der Waals surface area contributed by atoms with Gasteiger partial charge in [-0.1, -0.05) is 6.58 Å². The van der Waals surface area contributed by atoms with Crippen molar-refractivity contribution in [3.63, 3.8) is 0 Å². The zero-order valence-electron chi connectivity index (χ0n) is 44.5. The van der Waals surface area contributed by atoms with Gasteiger partial charge < -0.3 is 181 Å². The molecule has 3 heterocycles. The van der Waals surface area contributed by atoms with Gasteiger partial charge in [-0.25, -0.2) is 0 Å². The fourth-order valence-electron chi connectivity index (χ4n) is 7.46. The van der Waals surface area contributed by atoms with Crippen LogP contribution >= 0.6 is 0 Å². The van der Waals surface area contributed by atoms with Gasteiger partial charge in [-0.15, -0.1) is 0 Å². The van der Waals surface area contributed by atoms with Gasteiger partial charge in [-0.2, -0.15) is 0 Å². The van der Waals surface area contributed by atoms with Gasteiger partial charge in [0.15, 0.2) is 75.4 Å². The first-order valence-corrected chi connectivity index (χ1v) is 25.3. The molecule has 0 aliphatic carbocycles. The summed E-state index contributed by atoms with van der Waals surface area (Å²) >= 11 is 0. The molecule has 0 spiro atoms. The van der Waals surface area contributed by atoms with E-state index in [1.54, 1.807) is 0 Å². The smallest absolute Gasteiger partial charge is 0.243 e. The molecule has 3 aliphatic heterocycles. The Balaban J connectivity index is 2.90. The normalized spacial score (nSPS) is 37.1. The monoisotopic (exact) mass is 1230 g/mol. The topological polar surface area (TPSA) is 641 Å². The Morgan fingerprint density at radius 3 is 0.929 bits per heavy atom. The van der Waals surface area contributed by atoms with Crippen molar-refractivity contribution in [1.29, 1.82) is 0 Å². The Kier molecular flexibility index (Phi) is 32.8. The van der Waals surface area contributed by atoms with Crippen LogP contribution in [0.3, 0.4) is 0 Å². The van der Waals surface area contributed by atoms with E-state index in [1.165, 1.54) is 0 Å². The minimum atomic E-state index is -2.87. The highest BCUT2D eigenvalue weighted by Crippen LogP contribution is 2.31. The van der Waals surface area contributed by atoms with Crippen molar-refractivity contribution < 1.29 is 175 Å². The number of aliphatic hydroxyl groups excluding tert-OH is 26. The summed E-state index contributed by atoms with van der Waals surface area (Å²) in [6, 6.07) is 0. The van der Waals surface area contributed by atoms with Gasteiger partial charge in [0.2, 0.25) is 43.6 Å². The van der Waals surface area contributed by atoms with Crippen LogP contribution in [0.5, 0.6) is 0 Å². The maximum Gasteiger partial charge on any atom is 0.243 e. The molecule has 84 heavy (non-hydrogen) atoms. The molecule has 0 radical (unpaired) electrons. The lowest BCUT2D eigenvalue weighted by Gasteiger charge is -2.43. The first-order valence-electron chi connectivity index (χ1n) is 25.3. The predicted molar refractivity (Wildman–Crippen MR) is 271 cm³/mol. The van der Waals surface area contributed by atoms with E-state index in [-0.39, 0.29) is 19.6 Å². The van der Waals surface area contributed by atoms with Crippen molar-refractivity contribution in [1.82, 2.24) is 10.6 Å². The molecule has 1 amide bonds. The van der Waals surface area contributed by atoms with Crippen molar-refractivity contribution in [2.24, 2.45) is 0 Å². The number of amides is 1. The minimum absolute atomic E-state index is 0.00232. The minimum Gasteiger partial charge on any atom is -0.506 e. The second-order valence-electron chi connectivity index (χ2n) is 17.9. The highest BCUT2D eigenvalue weighted by Gasteiger charge is 2.48. The molecule has 17 unspecified atom stereocenters. The number of carbonyl (C=O) groups is 1. The summed E-state index contributed by atoms with van der Waals surface area (Å²) in [7, 11) is 0. The summed E-state index contributed by atoms with van der Waals surface area (Å²) in [4.78, 5) is 11.6. The van der Waals surface area contributed by atoms with Crippen LogP contribution in [0.1, 0.15) is 38.5 Å². The Bertz CT molecular complexity index is 2220. The first-order chi connectivity index (χ1) is 39.6. The van der Waals surface area contributed by atoms with Gasteiger partial charge in [-0.05, 0) is 19.0 Å². The van der Waals surface area contributed by atoms with Crippen LogP contribution in [0, 0.1) is 0 Å². The second-order valence-corrected chi connectivity index (χ2v) is 17.9. The van der Waals surface area contributed by atoms with Crippen molar-refractivity contribution in [2.75, 3.05) is 59.3 Å². The molecule has 37 nitrogen and oxygen atoms in total. The zero-order chi connectivity index (χ0) is 63.7. The van der Waals surface area contributed by atoms with Gasteiger partial charge in [-0.3, -0.25) is 4.79 Å². The molecular formula is C47H78N2O35. The fraction of sp³-hybridized carbons (Fsp3) is 0.681. The van der Waals surface area contributed by atoms with Crippen molar-refractivity contribution in [2.45, 2.75) is 144 Å². The predicted octanol–water partition coefficient (Wildman–Crippen LogP) is -5.79. The lowest BCUT2D eigenvalue weighted by atomic mass is 9.98. The number of carbonyl (C=O) groups excluding carboxylic acids is 1. The molecule has 0 aromatic carbocycles. The molecule has 3 aliphatic rings. The van der Waals surface area contributed by atoms with Gasteiger partial charge >= 0.3 is 0 Å². The number of ether oxygens (including phenoxy) is 8. The second kappa shape index (κ2) is 37.0. The Morgan fingerprint density at radius 1 is 0.369 bits per heavy atom. The number of nitrogens with one attached hydrogen (secondary N) is 2. The van der Waals surface area contributed by atoms with Crippen LogP contribution in [-0.2, 0) is 42.7 Å². The van der Waals surface area contributed by atoms with Crippen molar-refractivity contribution >= 4 is 5.91 Å². The molecule has 1 saturated heterocycles. The maximum atomic E-state index is 11.6. The third-order valence-electron chi connectivity index (χ3n) is 12.0. The lowest BCUT2D eigenvalue weighted by Crippen LogP contribution is -2.61. The SMILES string of the molecule is C=CC(=O)NCCNCCC1OC2OC(CO)C(OC(O)/C(O)=C(\O)C(CCO)OC(O)/C(O)=C(\O)C(CCO)OC(O)/C(O)=C(\O)C(CCO)OC(O)/C(O)=C(/O)C(CCO)OC(O)/C(O)=C(\O)C(CCO)OC(O)C(O)=C1O)C(O)C2O. The molecular weight excluding hydrogens is 1150 g/mol. The summed E-state index contributed by atoms with van der Waals surface area (Å²) in [6.07, 6.45) is -45.1. The summed E-state index contributed by atoms with van der Waals surface area (Å²) in [5.74, 6) is -19.6. The van der Waals surface area contributed by atoms with Crippen LogP contribution in [0.2, 0.25) is 0 Å². The average Bonchev–Trinajstić information content (AvgIpc) is 3.47. The zero-order valence-corrected chi connectivity index (χ0v) is 44.5. The molecule has 3 rings (SSSR count). The fourth-order valence-corrected chi connectivity index (χ4v) is 7.46. The van der Waals surface area contributed by atoms with E-state index >= 15 is 0 Å². The van der Waals surface area contributed by atoms with Gasteiger partial charge in [0.1, 0.15) is 61.0 Å². The Morgan fingerprint density at radius 2 is 0.655 bits per heavy atom. The third-order valence-corrected chi connectivity index (χ3v) is 12.0. The van der Waals surface area contributed by atoms with Crippen LogP contribution in [0.15, 0.2) is 81.8 Å². The van der Waals surface area contributed by atoms with E-state index in [9.17, 15) is 138 Å². The highest BCUT2D eigenvalue weighted by molar-refractivity contribution is 5.86. The number of hydrogen-bond donors (Lipinski definition) is 28. The lowest BCUT2D eigenvalue weighted by molar-refractivity contribution is -0.329. The summed E-state index contributed by atoms with van der Waals surface area (Å²) in [5.41, 5.74) is 0. The number of fused-ring (bicyclic) bond motifs is 26. The molecule has 0 saturated carbocycles. The van der Waals surface area contributed by atoms with Gasteiger partial charge in [0, 0.05) is 78.2 Å². The average molecular weight is 1230 g/mol. The van der Waals surface area contributed by atoms with E-state index < -0.39 is 258 Å². The summed E-state index contributed by atoms with van der Waals surface area (Å²) in [6.45, 7) is -3.07. The van der Waals surface area contributed by atoms with Gasteiger partial charge in [0.25, 0.3) is 0 Å². The molecule has 0 aromatic heterocycles. The van der Waals surface area contributed by atoms with E-state index in [0.717, 1.165) is 6.08 Å². The third kappa shape index (κ3) is 21.4. The quantitative estimate of drug-likeness (QED) is 0.0449. The molecule has 486 valence electrons. The van der Waals surface area contributed by atoms with Crippen LogP contribution in [0.25, 0.3) is 0 Å². The van der Waals surface area contributed by atoms with Crippen LogP contribution in [0.4, 0.5) is 0 Å². The molecule has 17 atom stereocenters. The molecule has 2 bridgehead atoms. The van der Waals surface area contributed by atoms with Crippen LogP contribution < -0.4 is 10.6 Å². The first kappa shape index (κ1) is 74.4. The van der Waals surface area contributed by atoms with Crippen molar-refractivity contribution in [3.05, 3.63) is 81.8 Å². The van der Waals surface area contributed by atoms with Crippen molar-refractivity contribution in [3.8, 4) is 0 Å². The van der Waals surface area contributed by atoms with E-state index in [0.29, 0.717) is 0 Å². The molecule has 1 fully saturated rings.